The van der Waals surface area contributed by atoms with E-state index in [0.29, 0.717) is 13.2 Å². The second-order valence-electron chi connectivity index (χ2n) is 5.66. The molecule has 23 heavy (non-hydrogen) atoms. The van der Waals surface area contributed by atoms with E-state index in [1.54, 1.807) is 6.92 Å². The number of benzene rings is 2. The predicted octanol–water partition coefficient (Wildman–Crippen LogP) is 3.46. The second-order valence-corrected chi connectivity index (χ2v) is 5.66. The van der Waals surface area contributed by atoms with Gasteiger partial charge in [-0.25, -0.2) is 0 Å². The van der Waals surface area contributed by atoms with Gasteiger partial charge in [0.15, 0.2) is 0 Å². The van der Waals surface area contributed by atoms with Gasteiger partial charge in [-0.1, -0.05) is 48.5 Å². The SMILES string of the molecule is CCOCc1ccccc1NC(=O)CC(C)(O)c1ccccc1. The molecule has 2 aromatic rings. The first-order chi connectivity index (χ1) is 11.0. The lowest BCUT2D eigenvalue weighted by Crippen LogP contribution is -2.28. The van der Waals surface area contributed by atoms with Gasteiger partial charge in [0, 0.05) is 17.9 Å². The van der Waals surface area contributed by atoms with Crippen LogP contribution in [0.2, 0.25) is 0 Å². The van der Waals surface area contributed by atoms with Crippen LogP contribution in [0.3, 0.4) is 0 Å². The van der Waals surface area contributed by atoms with E-state index in [1.807, 2.05) is 61.5 Å². The molecule has 0 heterocycles. The van der Waals surface area contributed by atoms with Gasteiger partial charge in [-0.2, -0.15) is 0 Å². The van der Waals surface area contributed by atoms with Crippen LogP contribution in [0.4, 0.5) is 5.69 Å². The molecule has 2 rings (SSSR count). The fraction of sp³-hybridized carbons (Fsp3) is 0.316. The van der Waals surface area contributed by atoms with Crippen LogP contribution in [0.5, 0.6) is 0 Å². The van der Waals surface area contributed by atoms with Crippen LogP contribution in [0.1, 0.15) is 31.4 Å². The van der Waals surface area contributed by atoms with E-state index in [4.69, 9.17) is 4.74 Å². The van der Waals surface area contributed by atoms with Gasteiger partial charge < -0.3 is 15.2 Å². The number of anilines is 1. The lowest BCUT2D eigenvalue weighted by atomic mass is 9.92. The topological polar surface area (TPSA) is 58.6 Å². The maximum atomic E-state index is 12.3. The first-order valence-electron chi connectivity index (χ1n) is 7.76. The zero-order valence-electron chi connectivity index (χ0n) is 13.6. The highest BCUT2D eigenvalue weighted by Gasteiger charge is 2.26. The number of para-hydroxylation sites is 1. The molecule has 0 aliphatic heterocycles. The third-order valence-electron chi connectivity index (χ3n) is 3.65. The number of rotatable bonds is 7. The molecule has 2 N–H and O–H groups in total. The quantitative estimate of drug-likeness (QED) is 0.823. The molecule has 0 saturated heterocycles. The maximum Gasteiger partial charge on any atom is 0.227 e. The van der Waals surface area contributed by atoms with Crippen LogP contribution in [-0.2, 0) is 21.7 Å². The van der Waals surface area contributed by atoms with E-state index in [2.05, 4.69) is 5.32 Å². The van der Waals surface area contributed by atoms with Gasteiger partial charge in [0.25, 0.3) is 0 Å². The second kappa shape index (κ2) is 7.90. The van der Waals surface area contributed by atoms with E-state index in [1.165, 1.54) is 0 Å². The van der Waals surface area contributed by atoms with Gasteiger partial charge in [-0.05, 0) is 25.5 Å². The monoisotopic (exact) mass is 313 g/mol. The molecule has 0 radical (unpaired) electrons. The minimum atomic E-state index is -1.21. The van der Waals surface area contributed by atoms with Gasteiger partial charge in [0.2, 0.25) is 5.91 Å². The van der Waals surface area contributed by atoms with Gasteiger partial charge >= 0.3 is 0 Å². The highest BCUT2D eigenvalue weighted by atomic mass is 16.5. The van der Waals surface area contributed by atoms with E-state index in [0.717, 1.165) is 16.8 Å². The minimum Gasteiger partial charge on any atom is -0.385 e. The molecule has 0 bridgehead atoms. The Balaban J connectivity index is 2.05. The summed E-state index contributed by atoms with van der Waals surface area (Å²) < 4.78 is 5.41. The van der Waals surface area contributed by atoms with Crippen molar-refractivity contribution >= 4 is 11.6 Å². The summed E-state index contributed by atoms with van der Waals surface area (Å²) in [5.74, 6) is -0.234. The van der Waals surface area contributed by atoms with Gasteiger partial charge in [0.05, 0.1) is 18.6 Å². The third kappa shape index (κ3) is 4.91. The number of aliphatic hydroxyl groups is 1. The average molecular weight is 313 g/mol. The predicted molar refractivity (Wildman–Crippen MR) is 91.0 cm³/mol. The zero-order valence-corrected chi connectivity index (χ0v) is 13.6. The molecule has 0 fully saturated rings. The number of hydrogen-bond acceptors (Lipinski definition) is 3. The summed E-state index contributed by atoms with van der Waals surface area (Å²) in [4.78, 5) is 12.3. The van der Waals surface area contributed by atoms with Crippen molar-refractivity contribution in [2.45, 2.75) is 32.5 Å². The Hall–Kier alpha value is -2.17. The third-order valence-corrected chi connectivity index (χ3v) is 3.65. The standard InChI is InChI=1S/C19H23NO3/c1-3-23-14-15-9-7-8-12-17(15)20-18(21)13-19(2,22)16-10-5-4-6-11-16/h4-12,22H,3,13-14H2,1-2H3,(H,20,21). The smallest absolute Gasteiger partial charge is 0.227 e. The number of amides is 1. The van der Waals surface area contributed by atoms with Crippen molar-refractivity contribution in [3.63, 3.8) is 0 Å². The molecule has 0 aliphatic rings. The summed E-state index contributed by atoms with van der Waals surface area (Å²) in [6, 6.07) is 16.7. The Bertz CT molecular complexity index is 638. The summed E-state index contributed by atoms with van der Waals surface area (Å²) in [5.41, 5.74) is 1.15. The number of hydrogen-bond donors (Lipinski definition) is 2. The number of nitrogens with one attached hydrogen (secondary N) is 1. The summed E-state index contributed by atoms with van der Waals surface area (Å²) in [5, 5.41) is 13.4. The molecule has 0 aromatic heterocycles. The fourth-order valence-electron chi connectivity index (χ4n) is 2.39. The maximum absolute atomic E-state index is 12.3. The molecule has 1 unspecified atom stereocenters. The Kier molecular flexibility index (Phi) is 5.90. The molecule has 122 valence electrons. The molecule has 1 amide bonds. The average Bonchev–Trinajstić information content (AvgIpc) is 2.54. The fourth-order valence-corrected chi connectivity index (χ4v) is 2.39. The van der Waals surface area contributed by atoms with Crippen molar-refractivity contribution in [2.75, 3.05) is 11.9 Å². The van der Waals surface area contributed by atoms with Crippen molar-refractivity contribution in [2.24, 2.45) is 0 Å². The van der Waals surface area contributed by atoms with E-state index in [9.17, 15) is 9.90 Å². The van der Waals surface area contributed by atoms with Gasteiger partial charge in [-0.3, -0.25) is 4.79 Å². The highest BCUT2D eigenvalue weighted by molar-refractivity contribution is 5.92. The highest BCUT2D eigenvalue weighted by Crippen LogP contribution is 2.25. The van der Waals surface area contributed by atoms with Crippen LogP contribution in [-0.4, -0.2) is 17.6 Å². The molecule has 0 aliphatic carbocycles. The van der Waals surface area contributed by atoms with Crippen LogP contribution in [0.15, 0.2) is 54.6 Å². The van der Waals surface area contributed by atoms with Crippen molar-refractivity contribution in [1.29, 1.82) is 0 Å². The van der Waals surface area contributed by atoms with Crippen LogP contribution >= 0.6 is 0 Å². The number of carbonyl (C=O) groups excluding carboxylic acids is 1. The zero-order chi connectivity index (χ0) is 16.7. The molecule has 0 spiro atoms. The largest absolute Gasteiger partial charge is 0.385 e. The minimum absolute atomic E-state index is 0.0139. The van der Waals surface area contributed by atoms with E-state index >= 15 is 0 Å². The summed E-state index contributed by atoms with van der Waals surface area (Å²) in [6.07, 6.45) is -0.0139. The first kappa shape index (κ1) is 17.2. The lowest BCUT2D eigenvalue weighted by Gasteiger charge is -2.23. The Morgan fingerprint density at radius 3 is 2.48 bits per heavy atom. The van der Waals surface area contributed by atoms with Crippen LogP contribution < -0.4 is 5.32 Å². The normalized spacial score (nSPS) is 13.3. The van der Waals surface area contributed by atoms with E-state index in [-0.39, 0.29) is 12.3 Å². The Morgan fingerprint density at radius 1 is 1.13 bits per heavy atom. The molecule has 4 nitrogen and oxygen atoms in total. The number of ether oxygens (including phenoxy) is 1. The lowest BCUT2D eigenvalue weighted by molar-refractivity contribution is -0.120. The Morgan fingerprint density at radius 2 is 1.78 bits per heavy atom. The summed E-state index contributed by atoms with van der Waals surface area (Å²) >= 11 is 0. The van der Waals surface area contributed by atoms with Crippen LogP contribution in [0.25, 0.3) is 0 Å². The summed E-state index contributed by atoms with van der Waals surface area (Å²) in [6.45, 7) is 4.64. The first-order valence-corrected chi connectivity index (χ1v) is 7.76. The van der Waals surface area contributed by atoms with Crippen molar-refractivity contribution in [1.82, 2.24) is 0 Å². The van der Waals surface area contributed by atoms with Gasteiger partial charge in [0.1, 0.15) is 0 Å². The molecule has 1 atom stereocenters. The van der Waals surface area contributed by atoms with Gasteiger partial charge in [-0.15, -0.1) is 0 Å². The molecule has 4 heteroatoms. The van der Waals surface area contributed by atoms with Crippen LogP contribution in [0, 0.1) is 0 Å². The molecular weight excluding hydrogens is 290 g/mol. The Labute approximate surface area is 137 Å². The molecule has 0 saturated carbocycles. The van der Waals surface area contributed by atoms with Crippen molar-refractivity contribution in [3.05, 3.63) is 65.7 Å². The summed E-state index contributed by atoms with van der Waals surface area (Å²) in [7, 11) is 0. The van der Waals surface area contributed by atoms with Crippen molar-refractivity contribution in [3.8, 4) is 0 Å². The molecule has 2 aromatic carbocycles. The van der Waals surface area contributed by atoms with Crippen molar-refractivity contribution < 1.29 is 14.6 Å². The molecular formula is C19H23NO3. The van der Waals surface area contributed by atoms with E-state index < -0.39 is 5.60 Å². The number of carbonyl (C=O) groups is 1.